The SMILES string of the molecule is COc1cc(/C=C(\C#N)C(=O)NC[C@H]2CCCO2)ccc1OCCOc1ccccc1C. The molecule has 1 aliphatic heterocycles. The van der Waals surface area contributed by atoms with Gasteiger partial charge in [0.25, 0.3) is 5.91 Å². The standard InChI is InChI=1S/C25H28N2O5/c1-18-6-3-4-8-22(18)31-12-13-32-23-10-9-19(15-24(23)29-2)14-20(16-26)25(28)27-17-21-7-5-11-30-21/h3-4,6,8-10,14-15,21H,5,7,11-13,17H2,1-2H3,(H,27,28)/b20-14+/t21-/m1/s1. The molecule has 32 heavy (non-hydrogen) atoms. The van der Waals surface area contributed by atoms with E-state index in [0.29, 0.717) is 43.4 Å². The van der Waals surface area contributed by atoms with Gasteiger partial charge in [-0.3, -0.25) is 4.79 Å². The number of hydrogen-bond acceptors (Lipinski definition) is 6. The highest BCUT2D eigenvalue weighted by atomic mass is 16.5. The van der Waals surface area contributed by atoms with Crippen molar-refractivity contribution in [1.29, 1.82) is 5.26 Å². The Kier molecular flexibility index (Phi) is 8.52. The van der Waals surface area contributed by atoms with Crippen LogP contribution < -0.4 is 19.5 Å². The Bertz CT molecular complexity index is 990. The van der Waals surface area contributed by atoms with Crippen LogP contribution in [0.15, 0.2) is 48.0 Å². The predicted octanol–water partition coefficient (Wildman–Crippen LogP) is 3.66. The third-order valence-electron chi connectivity index (χ3n) is 5.07. The molecular weight excluding hydrogens is 408 g/mol. The zero-order valence-corrected chi connectivity index (χ0v) is 18.4. The minimum Gasteiger partial charge on any atom is -0.493 e. The lowest BCUT2D eigenvalue weighted by molar-refractivity contribution is -0.117. The fourth-order valence-corrected chi connectivity index (χ4v) is 3.34. The van der Waals surface area contributed by atoms with E-state index in [-0.39, 0.29) is 11.7 Å². The van der Waals surface area contributed by atoms with Crippen molar-refractivity contribution in [3.63, 3.8) is 0 Å². The van der Waals surface area contributed by atoms with Gasteiger partial charge in [0.05, 0.1) is 13.2 Å². The number of nitrogens with zero attached hydrogens (tertiary/aromatic N) is 1. The quantitative estimate of drug-likeness (QED) is 0.347. The second kappa shape index (κ2) is 11.8. The van der Waals surface area contributed by atoms with Crippen LogP contribution in [0.4, 0.5) is 0 Å². The molecule has 1 saturated heterocycles. The lowest BCUT2D eigenvalue weighted by Gasteiger charge is -2.13. The number of rotatable bonds is 10. The van der Waals surface area contributed by atoms with Crippen molar-refractivity contribution in [3.8, 4) is 23.3 Å². The molecule has 0 spiro atoms. The Labute approximate surface area is 188 Å². The molecule has 1 amide bonds. The zero-order chi connectivity index (χ0) is 22.8. The first-order chi connectivity index (χ1) is 15.6. The van der Waals surface area contributed by atoms with Gasteiger partial charge in [-0.2, -0.15) is 5.26 Å². The van der Waals surface area contributed by atoms with Crippen LogP contribution in [-0.4, -0.2) is 45.5 Å². The molecule has 7 nitrogen and oxygen atoms in total. The fourth-order valence-electron chi connectivity index (χ4n) is 3.34. The summed E-state index contributed by atoms with van der Waals surface area (Å²) in [6.45, 7) is 3.84. The summed E-state index contributed by atoms with van der Waals surface area (Å²) in [5.74, 6) is 1.46. The number of amides is 1. The van der Waals surface area contributed by atoms with Crippen LogP contribution in [0.25, 0.3) is 6.08 Å². The summed E-state index contributed by atoms with van der Waals surface area (Å²) >= 11 is 0. The molecule has 0 bridgehead atoms. The molecule has 1 atom stereocenters. The number of ether oxygens (including phenoxy) is 4. The van der Waals surface area contributed by atoms with Crippen LogP contribution in [0.2, 0.25) is 0 Å². The molecule has 0 unspecified atom stereocenters. The molecule has 3 rings (SSSR count). The Morgan fingerprint density at radius 3 is 2.66 bits per heavy atom. The van der Waals surface area contributed by atoms with Crippen molar-refractivity contribution in [3.05, 3.63) is 59.2 Å². The largest absolute Gasteiger partial charge is 0.493 e. The molecule has 0 aromatic heterocycles. The number of nitrogens with one attached hydrogen (secondary N) is 1. The zero-order valence-electron chi connectivity index (χ0n) is 18.4. The van der Waals surface area contributed by atoms with E-state index in [0.717, 1.165) is 24.2 Å². The molecule has 0 radical (unpaired) electrons. The second-order valence-corrected chi connectivity index (χ2v) is 7.39. The average Bonchev–Trinajstić information content (AvgIpc) is 3.34. The number of aryl methyl sites for hydroxylation is 1. The van der Waals surface area contributed by atoms with Gasteiger partial charge in [0, 0.05) is 13.2 Å². The normalized spacial score (nSPS) is 15.7. The van der Waals surface area contributed by atoms with Gasteiger partial charge in [-0.05, 0) is 55.2 Å². The highest BCUT2D eigenvalue weighted by molar-refractivity contribution is 6.01. The van der Waals surface area contributed by atoms with Crippen LogP contribution in [-0.2, 0) is 9.53 Å². The summed E-state index contributed by atoms with van der Waals surface area (Å²) in [5, 5.41) is 12.2. The van der Waals surface area contributed by atoms with E-state index < -0.39 is 5.91 Å². The number of nitriles is 1. The first kappa shape index (κ1) is 23.2. The van der Waals surface area contributed by atoms with E-state index in [1.165, 1.54) is 6.08 Å². The Morgan fingerprint density at radius 2 is 1.97 bits per heavy atom. The maximum Gasteiger partial charge on any atom is 0.262 e. The molecule has 2 aromatic carbocycles. The van der Waals surface area contributed by atoms with Crippen LogP contribution in [0.3, 0.4) is 0 Å². The summed E-state index contributed by atoms with van der Waals surface area (Å²) in [6.07, 6.45) is 3.46. The van der Waals surface area contributed by atoms with Crippen LogP contribution in [0.1, 0.15) is 24.0 Å². The average molecular weight is 437 g/mol. The topological polar surface area (TPSA) is 89.8 Å². The monoisotopic (exact) mass is 436 g/mol. The number of methoxy groups -OCH3 is 1. The molecule has 0 saturated carbocycles. The number of hydrogen-bond donors (Lipinski definition) is 1. The van der Waals surface area contributed by atoms with Crippen molar-refractivity contribution < 1.29 is 23.7 Å². The molecule has 0 aliphatic carbocycles. The Morgan fingerprint density at radius 1 is 1.19 bits per heavy atom. The summed E-state index contributed by atoms with van der Waals surface area (Å²) in [7, 11) is 1.54. The van der Waals surface area contributed by atoms with E-state index in [4.69, 9.17) is 18.9 Å². The minimum atomic E-state index is -0.421. The minimum absolute atomic E-state index is 0.0187. The van der Waals surface area contributed by atoms with E-state index in [9.17, 15) is 10.1 Å². The fraction of sp³-hybridized carbons (Fsp3) is 0.360. The maximum atomic E-state index is 12.3. The summed E-state index contributed by atoms with van der Waals surface area (Å²) in [5.41, 5.74) is 1.74. The van der Waals surface area contributed by atoms with Crippen molar-refractivity contribution in [2.24, 2.45) is 0 Å². The molecule has 1 heterocycles. The third kappa shape index (κ3) is 6.50. The van der Waals surface area contributed by atoms with Crippen molar-refractivity contribution in [2.45, 2.75) is 25.9 Å². The molecule has 1 aliphatic rings. The Balaban J connectivity index is 1.57. The van der Waals surface area contributed by atoms with Gasteiger partial charge in [-0.1, -0.05) is 24.3 Å². The highest BCUT2D eigenvalue weighted by Crippen LogP contribution is 2.29. The predicted molar refractivity (Wildman–Crippen MR) is 121 cm³/mol. The maximum absolute atomic E-state index is 12.3. The van der Waals surface area contributed by atoms with Gasteiger partial charge in [0.15, 0.2) is 11.5 Å². The van der Waals surface area contributed by atoms with Gasteiger partial charge >= 0.3 is 0 Å². The summed E-state index contributed by atoms with van der Waals surface area (Å²) in [6, 6.07) is 15.0. The van der Waals surface area contributed by atoms with Crippen LogP contribution in [0.5, 0.6) is 17.2 Å². The van der Waals surface area contributed by atoms with Crippen LogP contribution >= 0.6 is 0 Å². The van der Waals surface area contributed by atoms with E-state index in [1.807, 2.05) is 37.3 Å². The van der Waals surface area contributed by atoms with Gasteiger partial charge in [0.2, 0.25) is 0 Å². The molecule has 1 N–H and O–H groups in total. The molecule has 168 valence electrons. The molecule has 1 fully saturated rings. The number of carbonyl (C=O) groups excluding carboxylic acids is 1. The number of para-hydroxylation sites is 1. The highest BCUT2D eigenvalue weighted by Gasteiger charge is 2.17. The molecule has 2 aromatic rings. The van der Waals surface area contributed by atoms with Gasteiger partial charge < -0.3 is 24.3 Å². The van der Waals surface area contributed by atoms with Crippen molar-refractivity contribution in [1.82, 2.24) is 5.32 Å². The van der Waals surface area contributed by atoms with Crippen molar-refractivity contribution >= 4 is 12.0 Å². The van der Waals surface area contributed by atoms with Crippen LogP contribution in [0, 0.1) is 18.3 Å². The Hall–Kier alpha value is -3.50. The smallest absolute Gasteiger partial charge is 0.262 e. The summed E-state index contributed by atoms with van der Waals surface area (Å²) < 4.78 is 22.4. The first-order valence-corrected chi connectivity index (χ1v) is 10.6. The number of carbonyl (C=O) groups is 1. The first-order valence-electron chi connectivity index (χ1n) is 10.6. The molecule has 7 heteroatoms. The van der Waals surface area contributed by atoms with E-state index in [2.05, 4.69) is 5.32 Å². The molecular formula is C25H28N2O5. The second-order valence-electron chi connectivity index (χ2n) is 7.39. The summed E-state index contributed by atoms with van der Waals surface area (Å²) in [4.78, 5) is 12.3. The lowest BCUT2D eigenvalue weighted by Crippen LogP contribution is -2.32. The van der Waals surface area contributed by atoms with Gasteiger partial charge in [0.1, 0.15) is 30.6 Å². The van der Waals surface area contributed by atoms with E-state index in [1.54, 1.807) is 25.3 Å². The third-order valence-corrected chi connectivity index (χ3v) is 5.07. The van der Waals surface area contributed by atoms with Gasteiger partial charge in [-0.15, -0.1) is 0 Å². The number of benzene rings is 2. The van der Waals surface area contributed by atoms with Crippen molar-refractivity contribution in [2.75, 3.05) is 33.5 Å². The van der Waals surface area contributed by atoms with Gasteiger partial charge in [-0.25, -0.2) is 0 Å². The van der Waals surface area contributed by atoms with E-state index >= 15 is 0 Å². The lowest BCUT2D eigenvalue weighted by atomic mass is 10.1.